The molecule has 0 spiro atoms. The Kier molecular flexibility index (Phi) is 12.8. The second kappa shape index (κ2) is 17.3. The molecule has 1 N–H and O–H groups in total. The van der Waals surface area contributed by atoms with E-state index in [0.29, 0.717) is 26.0 Å². The molecule has 0 aliphatic carbocycles. The van der Waals surface area contributed by atoms with Gasteiger partial charge in [0.05, 0.1) is 18.7 Å². The Balaban J connectivity index is 1.38. The molecule has 0 aliphatic heterocycles. The summed E-state index contributed by atoms with van der Waals surface area (Å²) in [7, 11) is 4.15. The topological polar surface area (TPSA) is 66.9 Å². The molecule has 3 aromatic carbocycles. The van der Waals surface area contributed by atoms with Crippen LogP contribution in [0.15, 0.2) is 96.6 Å². The van der Waals surface area contributed by atoms with E-state index in [1.165, 1.54) is 22.5 Å². The van der Waals surface area contributed by atoms with Gasteiger partial charge >= 0.3 is 6.09 Å². The number of amides is 1. The third-order valence-electron chi connectivity index (χ3n) is 6.83. The molecule has 0 fully saturated rings. The molecule has 42 heavy (non-hydrogen) atoms. The summed E-state index contributed by atoms with van der Waals surface area (Å²) in [5.41, 5.74) is 5.37. The second-order valence-corrected chi connectivity index (χ2v) is 11.6. The highest BCUT2D eigenvalue weighted by molar-refractivity contribution is 7.09. The summed E-state index contributed by atoms with van der Waals surface area (Å²) in [5, 5.41) is 2.88. The van der Waals surface area contributed by atoms with E-state index in [1.807, 2.05) is 24.3 Å². The van der Waals surface area contributed by atoms with Crippen LogP contribution in [0.2, 0.25) is 0 Å². The minimum absolute atomic E-state index is 0.259. The van der Waals surface area contributed by atoms with Gasteiger partial charge in [-0.3, -0.25) is 9.88 Å². The van der Waals surface area contributed by atoms with E-state index in [1.54, 1.807) is 11.7 Å². The predicted octanol–water partition coefficient (Wildman–Crippen LogP) is 6.40. The highest BCUT2D eigenvalue weighted by Crippen LogP contribution is 2.18. The Morgan fingerprint density at radius 3 is 2.19 bits per heavy atom. The summed E-state index contributed by atoms with van der Waals surface area (Å²) in [5.74, 6) is 0.896. The van der Waals surface area contributed by atoms with Crippen LogP contribution in [-0.2, 0) is 30.8 Å². The van der Waals surface area contributed by atoms with Gasteiger partial charge < -0.3 is 19.7 Å². The molecule has 1 atom stereocenters. The van der Waals surface area contributed by atoms with Crippen LogP contribution >= 0.6 is 11.3 Å². The molecule has 222 valence electrons. The number of hydrogen-bond acceptors (Lipinski definition) is 7. The molecule has 0 bridgehead atoms. The molecular weight excluding hydrogens is 544 g/mol. The van der Waals surface area contributed by atoms with Gasteiger partial charge in [0.1, 0.15) is 11.9 Å². The number of hydrogen-bond donors (Lipinski definition) is 1. The molecule has 1 amide bonds. The molecule has 0 radical (unpaired) electrons. The normalized spacial score (nSPS) is 11.9. The van der Waals surface area contributed by atoms with Crippen molar-refractivity contribution in [3.8, 4) is 5.75 Å². The third kappa shape index (κ3) is 11.6. The molecule has 0 saturated carbocycles. The van der Waals surface area contributed by atoms with Gasteiger partial charge in [0.25, 0.3) is 0 Å². The van der Waals surface area contributed by atoms with Gasteiger partial charge in [-0.1, -0.05) is 72.8 Å². The molecule has 7 nitrogen and oxygen atoms in total. The minimum atomic E-state index is -0.403. The summed E-state index contributed by atoms with van der Waals surface area (Å²) in [6.07, 6.45) is 3.47. The number of carbonyl (C=O) groups is 1. The first-order chi connectivity index (χ1) is 20.5. The largest absolute Gasteiger partial charge is 0.494 e. The summed E-state index contributed by atoms with van der Waals surface area (Å²) in [4.78, 5) is 22.4. The van der Waals surface area contributed by atoms with Crippen molar-refractivity contribution >= 4 is 17.4 Å². The van der Waals surface area contributed by atoms with Crippen LogP contribution < -0.4 is 10.1 Å². The Morgan fingerprint density at radius 1 is 0.881 bits per heavy atom. The van der Waals surface area contributed by atoms with Gasteiger partial charge in [0.15, 0.2) is 0 Å². The van der Waals surface area contributed by atoms with Gasteiger partial charge in [-0.2, -0.15) is 0 Å². The van der Waals surface area contributed by atoms with Crippen molar-refractivity contribution < 1.29 is 14.3 Å². The lowest BCUT2D eigenvalue weighted by atomic mass is 10.0. The standard InChI is InChI=1S/C34H42N4O3S/c1-37(2)19-9-21-40-31-16-14-30(15-17-31)26-38(25-29-12-7-4-8-13-29)20-18-32(22-28-10-5-3-6-11-28)41-34(39)36-24-33-23-35-27-42-33/h3-8,10-17,23,27,32H,9,18-22,24-26H2,1-2H3,(H,36,39). The maximum atomic E-state index is 12.7. The van der Waals surface area contributed by atoms with Crippen molar-refractivity contribution in [2.75, 3.05) is 33.8 Å². The second-order valence-electron chi connectivity index (χ2n) is 10.7. The Bertz CT molecular complexity index is 1290. The Hall–Kier alpha value is -3.72. The lowest BCUT2D eigenvalue weighted by Crippen LogP contribution is -2.33. The SMILES string of the molecule is CN(C)CCCOc1ccc(CN(CCC(Cc2ccccc2)OC(=O)NCc2cncs2)Cc2ccccc2)cc1. The Labute approximate surface area is 254 Å². The fourth-order valence-electron chi connectivity index (χ4n) is 4.66. The number of nitrogens with zero attached hydrogens (tertiary/aromatic N) is 3. The first-order valence-electron chi connectivity index (χ1n) is 14.5. The van der Waals surface area contributed by atoms with E-state index in [-0.39, 0.29) is 6.10 Å². The van der Waals surface area contributed by atoms with Crippen LogP contribution in [0.5, 0.6) is 5.75 Å². The smallest absolute Gasteiger partial charge is 0.407 e. The van der Waals surface area contributed by atoms with E-state index >= 15 is 0 Å². The molecule has 0 aliphatic rings. The van der Waals surface area contributed by atoms with E-state index in [4.69, 9.17) is 9.47 Å². The van der Waals surface area contributed by atoms with Crippen LogP contribution in [0, 0.1) is 0 Å². The summed E-state index contributed by atoms with van der Waals surface area (Å²) in [6.45, 7) is 4.49. The van der Waals surface area contributed by atoms with Crippen LogP contribution in [0.4, 0.5) is 4.79 Å². The van der Waals surface area contributed by atoms with Gasteiger partial charge in [-0.25, -0.2) is 4.79 Å². The number of alkyl carbamates (subject to hydrolysis) is 1. The third-order valence-corrected chi connectivity index (χ3v) is 7.61. The van der Waals surface area contributed by atoms with Crippen molar-refractivity contribution in [3.05, 3.63) is 118 Å². The summed E-state index contributed by atoms with van der Waals surface area (Å²) in [6, 6.07) is 29.1. The predicted molar refractivity (Wildman–Crippen MR) is 170 cm³/mol. The van der Waals surface area contributed by atoms with Gasteiger partial charge in [-0.05, 0) is 55.8 Å². The molecule has 0 saturated heterocycles. The molecule has 1 aromatic heterocycles. The van der Waals surface area contributed by atoms with Crippen molar-refractivity contribution in [2.24, 2.45) is 0 Å². The zero-order chi connectivity index (χ0) is 29.4. The van der Waals surface area contributed by atoms with Crippen LogP contribution in [-0.4, -0.2) is 60.8 Å². The van der Waals surface area contributed by atoms with E-state index < -0.39 is 6.09 Å². The monoisotopic (exact) mass is 586 g/mol. The van der Waals surface area contributed by atoms with Crippen LogP contribution in [0.1, 0.15) is 34.4 Å². The maximum Gasteiger partial charge on any atom is 0.407 e. The number of rotatable bonds is 17. The lowest BCUT2D eigenvalue weighted by molar-refractivity contribution is 0.0822. The fraction of sp³-hybridized carbons (Fsp3) is 0.353. The fourth-order valence-corrected chi connectivity index (χ4v) is 5.20. The van der Waals surface area contributed by atoms with Gasteiger partial charge in [0, 0.05) is 43.7 Å². The number of nitrogens with one attached hydrogen (secondary N) is 1. The lowest BCUT2D eigenvalue weighted by Gasteiger charge is -2.26. The van der Waals surface area contributed by atoms with Crippen molar-refractivity contribution in [1.82, 2.24) is 20.1 Å². The summed E-state index contributed by atoms with van der Waals surface area (Å²) >= 11 is 1.51. The molecule has 1 unspecified atom stereocenters. The summed E-state index contributed by atoms with van der Waals surface area (Å²) < 4.78 is 11.9. The zero-order valence-electron chi connectivity index (χ0n) is 24.7. The maximum absolute atomic E-state index is 12.7. The molecule has 1 heterocycles. The first-order valence-corrected chi connectivity index (χ1v) is 15.4. The van der Waals surface area contributed by atoms with E-state index in [0.717, 1.165) is 48.8 Å². The van der Waals surface area contributed by atoms with Crippen molar-refractivity contribution in [3.63, 3.8) is 0 Å². The zero-order valence-corrected chi connectivity index (χ0v) is 25.5. The average molecular weight is 587 g/mol. The van der Waals surface area contributed by atoms with Crippen LogP contribution in [0.25, 0.3) is 0 Å². The molecular formula is C34H42N4O3S. The van der Waals surface area contributed by atoms with E-state index in [9.17, 15) is 4.79 Å². The van der Waals surface area contributed by atoms with Crippen LogP contribution in [0.3, 0.4) is 0 Å². The van der Waals surface area contributed by atoms with E-state index in [2.05, 4.69) is 94.9 Å². The minimum Gasteiger partial charge on any atom is -0.494 e. The number of aromatic nitrogens is 1. The number of carbonyl (C=O) groups excluding carboxylic acids is 1. The quantitative estimate of drug-likeness (QED) is 0.144. The first kappa shape index (κ1) is 31.2. The molecule has 8 heteroatoms. The number of benzene rings is 3. The van der Waals surface area contributed by atoms with Crippen molar-refractivity contribution in [1.29, 1.82) is 0 Å². The molecule has 4 rings (SSSR count). The highest BCUT2D eigenvalue weighted by atomic mass is 32.1. The molecule has 4 aromatic rings. The highest BCUT2D eigenvalue weighted by Gasteiger charge is 2.18. The average Bonchev–Trinajstić information content (AvgIpc) is 3.53. The Morgan fingerprint density at radius 2 is 1.55 bits per heavy atom. The van der Waals surface area contributed by atoms with Gasteiger partial charge in [-0.15, -0.1) is 11.3 Å². The number of thiazole rings is 1. The number of ether oxygens (including phenoxy) is 2. The van der Waals surface area contributed by atoms with Crippen molar-refractivity contribution in [2.45, 2.75) is 45.0 Å². The van der Waals surface area contributed by atoms with Gasteiger partial charge in [0.2, 0.25) is 0 Å².